The molecule has 4 atom stereocenters. The molecule has 2 aromatic rings. The summed E-state index contributed by atoms with van der Waals surface area (Å²) in [5.41, 5.74) is 0.204. The first-order valence-corrected chi connectivity index (χ1v) is 11.4. The number of carbonyl (C=O) groups is 3. The van der Waals surface area contributed by atoms with E-state index in [2.05, 4.69) is 26.6 Å². The number of hydrogen-bond acceptors (Lipinski definition) is 5. The number of fused-ring (bicyclic) bond motifs is 4. The Labute approximate surface area is 194 Å². The number of amides is 3. The van der Waals surface area contributed by atoms with Crippen LogP contribution in [0.15, 0.2) is 46.9 Å². The van der Waals surface area contributed by atoms with Gasteiger partial charge < -0.3 is 10.4 Å². The second-order valence-electron chi connectivity index (χ2n) is 9.76. The number of aromatic hydroxyl groups is 1. The van der Waals surface area contributed by atoms with Gasteiger partial charge in [0, 0.05) is 27.3 Å². The number of hydrogen-bond donors (Lipinski definition) is 3. The van der Waals surface area contributed by atoms with Gasteiger partial charge in [-0.1, -0.05) is 28.1 Å². The Morgan fingerprint density at radius 1 is 1.06 bits per heavy atom. The largest absolute Gasteiger partial charge is 0.508 e. The number of nitrogens with one attached hydrogen (secondary N) is 2. The van der Waals surface area contributed by atoms with Crippen molar-refractivity contribution in [2.75, 3.05) is 5.32 Å². The van der Waals surface area contributed by atoms with E-state index in [9.17, 15) is 19.5 Å². The van der Waals surface area contributed by atoms with Gasteiger partial charge in [-0.2, -0.15) is 0 Å². The molecule has 3 N–H and O–H groups in total. The van der Waals surface area contributed by atoms with Crippen molar-refractivity contribution in [2.24, 2.45) is 11.8 Å². The van der Waals surface area contributed by atoms with Crippen molar-refractivity contribution < 1.29 is 19.5 Å². The molecule has 7 nitrogen and oxygen atoms in total. The molecule has 166 valence electrons. The van der Waals surface area contributed by atoms with Gasteiger partial charge in [-0.05, 0) is 63.1 Å². The third-order valence-electron chi connectivity index (χ3n) is 6.74. The molecule has 8 heteroatoms. The number of carbonyl (C=O) groups excluding carboxylic acids is 3. The van der Waals surface area contributed by atoms with E-state index < -0.39 is 29.0 Å². The van der Waals surface area contributed by atoms with Gasteiger partial charge >= 0.3 is 0 Å². The van der Waals surface area contributed by atoms with Crippen LogP contribution in [0.4, 0.5) is 5.69 Å². The fourth-order valence-corrected chi connectivity index (χ4v) is 5.86. The van der Waals surface area contributed by atoms with Gasteiger partial charge in [-0.15, -0.1) is 0 Å². The Morgan fingerprint density at radius 3 is 2.41 bits per heavy atom. The quantitative estimate of drug-likeness (QED) is 0.554. The molecule has 0 saturated carbocycles. The van der Waals surface area contributed by atoms with Crippen LogP contribution in [-0.2, 0) is 26.3 Å². The summed E-state index contributed by atoms with van der Waals surface area (Å²) in [6, 6.07) is 11.8. The molecule has 0 radical (unpaired) electrons. The molecule has 2 aromatic carbocycles. The summed E-state index contributed by atoms with van der Waals surface area (Å²) in [5, 5.41) is 16.0. The van der Waals surface area contributed by atoms with Gasteiger partial charge in [0.25, 0.3) is 0 Å². The first-order chi connectivity index (χ1) is 15.0. The average molecular weight is 498 g/mol. The van der Waals surface area contributed by atoms with E-state index in [1.807, 2.05) is 32.9 Å². The highest BCUT2D eigenvalue weighted by Crippen LogP contribution is 2.54. The first-order valence-electron chi connectivity index (χ1n) is 10.6. The summed E-state index contributed by atoms with van der Waals surface area (Å²) in [5.74, 6) is -2.25. The molecule has 2 saturated heterocycles. The molecule has 3 amide bonds. The Hall–Kier alpha value is -2.71. The van der Waals surface area contributed by atoms with E-state index >= 15 is 0 Å². The fourth-order valence-electron chi connectivity index (χ4n) is 5.50. The standard InChI is InChI=1S/C24H24BrN3O4/c1-23(2,3)28-20(30)18-17(10-12-4-7-14(29)8-5-12)27-24(19(18)21(28)31)15-11-13(25)6-9-16(15)26-22(24)32/h4-9,11,17-19,27,29H,10H2,1-3H3,(H,26,32)/t17-,18-,19+,24-/m1/s1. The van der Waals surface area contributed by atoms with E-state index in [0.717, 1.165) is 10.0 Å². The second kappa shape index (κ2) is 6.89. The molecule has 32 heavy (non-hydrogen) atoms. The molecular weight excluding hydrogens is 474 g/mol. The van der Waals surface area contributed by atoms with E-state index in [4.69, 9.17) is 0 Å². The Bertz CT molecular complexity index is 1160. The van der Waals surface area contributed by atoms with Gasteiger partial charge in [0.2, 0.25) is 17.7 Å². The van der Waals surface area contributed by atoms with Gasteiger partial charge in [0.05, 0.1) is 11.8 Å². The number of phenolic OH excluding ortho intramolecular Hbond substituents is 1. The molecule has 2 fully saturated rings. The van der Waals surface area contributed by atoms with E-state index in [0.29, 0.717) is 17.7 Å². The summed E-state index contributed by atoms with van der Waals surface area (Å²) in [4.78, 5) is 42.1. The summed E-state index contributed by atoms with van der Waals surface area (Å²) in [6.07, 6.45) is 0.441. The first kappa shape index (κ1) is 21.2. The van der Waals surface area contributed by atoms with E-state index in [1.165, 1.54) is 4.90 Å². The van der Waals surface area contributed by atoms with Crippen LogP contribution in [0.5, 0.6) is 5.75 Å². The van der Waals surface area contributed by atoms with Crippen LogP contribution >= 0.6 is 15.9 Å². The highest BCUT2D eigenvalue weighted by atomic mass is 79.9. The number of anilines is 1. The Morgan fingerprint density at radius 2 is 1.75 bits per heavy atom. The van der Waals surface area contributed by atoms with Crippen molar-refractivity contribution >= 4 is 39.3 Å². The predicted molar refractivity (Wildman–Crippen MR) is 122 cm³/mol. The minimum Gasteiger partial charge on any atom is -0.508 e. The molecule has 3 aliphatic heterocycles. The van der Waals surface area contributed by atoms with Crippen molar-refractivity contribution in [2.45, 2.75) is 44.3 Å². The topological polar surface area (TPSA) is 98.7 Å². The number of nitrogens with zero attached hydrogens (tertiary/aromatic N) is 1. The molecule has 0 aromatic heterocycles. The smallest absolute Gasteiger partial charge is 0.250 e. The van der Waals surface area contributed by atoms with Crippen LogP contribution in [0.3, 0.4) is 0 Å². The van der Waals surface area contributed by atoms with Crippen LogP contribution in [0.25, 0.3) is 0 Å². The van der Waals surface area contributed by atoms with Crippen LogP contribution < -0.4 is 10.6 Å². The summed E-state index contributed by atoms with van der Waals surface area (Å²) in [6.45, 7) is 5.49. The monoisotopic (exact) mass is 497 g/mol. The number of benzene rings is 2. The lowest BCUT2D eigenvalue weighted by Crippen LogP contribution is -2.56. The Balaban J connectivity index is 1.66. The van der Waals surface area contributed by atoms with Crippen molar-refractivity contribution in [1.29, 1.82) is 0 Å². The van der Waals surface area contributed by atoms with Crippen LogP contribution in [0.2, 0.25) is 0 Å². The van der Waals surface area contributed by atoms with E-state index in [1.54, 1.807) is 30.3 Å². The summed E-state index contributed by atoms with van der Waals surface area (Å²) < 4.78 is 0.789. The highest BCUT2D eigenvalue weighted by molar-refractivity contribution is 9.10. The maximum Gasteiger partial charge on any atom is 0.250 e. The van der Waals surface area contributed by atoms with Gasteiger partial charge in [0.15, 0.2) is 0 Å². The lowest BCUT2D eigenvalue weighted by molar-refractivity contribution is -0.147. The van der Waals surface area contributed by atoms with Crippen molar-refractivity contribution in [1.82, 2.24) is 10.2 Å². The number of rotatable bonds is 2. The van der Waals surface area contributed by atoms with Gasteiger partial charge in [0.1, 0.15) is 11.3 Å². The third-order valence-corrected chi connectivity index (χ3v) is 7.23. The molecule has 0 bridgehead atoms. The van der Waals surface area contributed by atoms with Crippen molar-refractivity contribution in [3.8, 4) is 5.75 Å². The number of likely N-dealkylation sites (tertiary alicyclic amines) is 1. The molecule has 3 aliphatic rings. The van der Waals surface area contributed by atoms with Crippen molar-refractivity contribution in [3.05, 3.63) is 58.1 Å². The molecule has 3 heterocycles. The summed E-state index contributed by atoms with van der Waals surface area (Å²) >= 11 is 3.48. The molecule has 0 aliphatic carbocycles. The maximum absolute atomic E-state index is 13.7. The normalized spacial score (nSPS) is 28.9. The Kier molecular flexibility index (Phi) is 4.56. The molecule has 1 spiro atoms. The number of imide groups is 1. The zero-order chi connectivity index (χ0) is 23.0. The van der Waals surface area contributed by atoms with Crippen LogP contribution in [-0.4, -0.2) is 39.3 Å². The zero-order valence-corrected chi connectivity index (χ0v) is 19.6. The van der Waals surface area contributed by atoms with Crippen LogP contribution in [0.1, 0.15) is 31.9 Å². The van der Waals surface area contributed by atoms with Gasteiger partial charge in [-0.25, -0.2) is 0 Å². The lowest BCUT2D eigenvalue weighted by Gasteiger charge is -2.34. The maximum atomic E-state index is 13.7. The highest BCUT2D eigenvalue weighted by Gasteiger charge is 2.71. The zero-order valence-electron chi connectivity index (χ0n) is 18.0. The predicted octanol–water partition coefficient (Wildman–Crippen LogP) is 2.92. The molecular formula is C24H24BrN3O4. The minimum absolute atomic E-state index is 0.155. The molecule has 0 unspecified atom stereocenters. The fraction of sp³-hybridized carbons (Fsp3) is 0.375. The summed E-state index contributed by atoms with van der Waals surface area (Å²) in [7, 11) is 0. The van der Waals surface area contributed by atoms with E-state index in [-0.39, 0.29) is 23.5 Å². The molecule has 5 rings (SSSR count). The second-order valence-corrected chi connectivity index (χ2v) is 10.7. The van der Waals surface area contributed by atoms with Crippen LogP contribution in [0, 0.1) is 11.8 Å². The number of halogens is 1. The lowest BCUT2D eigenvalue weighted by atomic mass is 9.76. The average Bonchev–Trinajstić information content (AvgIpc) is 3.28. The SMILES string of the molecule is CC(C)(C)N1C(=O)[C@H]2[C@@H](C1=O)[C@@]1(N[C@@H]2Cc2ccc(O)cc2)C(=O)Nc2ccc(Br)cc21. The third kappa shape index (κ3) is 2.85. The van der Waals surface area contributed by atoms with Crippen molar-refractivity contribution in [3.63, 3.8) is 0 Å². The van der Waals surface area contributed by atoms with Gasteiger partial charge in [-0.3, -0.25) is 24.6 Å². The number of phenols is 1. The minimum atomic E-state index is -1.32.